The number of aliphatic carboxylic acids is 2. The van der Waals surface area contributed by atoms with E-state index in [1.807, 2.05) is 0 Å². The fraction of sp³-hybridized carbons (Fsp3) is 0.714. The zero-order valence-electron chi connectivity index (χ0n) is 7.96. The maximum absolute atomic E-state index is 10.4. The van der Waals surface area contributed by atoms with E-state index < -0.39 is 24.0 Å². The Morgan fingerprint density at radius 2 is 1.60 bits per heavy atom. The van der Waals surface area contributed by atoms with Crippen LogP contribution in [0.5, 0.6) is 0 Å². The van der Waals surface area contributed by atoms with Crippen molar-refractivity contribution in [2.24, 2.45) is 11.5 Å². The van der Waals surface area contributed by atoms with E-state index in [-0.39, 0.29) is 26.3 Å². The molecule has 6 N–H and O–H groups in total. The quantitative estimate of drug-likeness (QED) is 0.308. The van der Waals surface area contributed by atoms with Crippen molar-refractivity contribution in [1.82, 2.24) is 0 Å². The van der Waals surface area contributed by atoms with Crippen LogP contribution in [0.25, 0.3) is 0 Å². The van der Waals surface area contributed by atoms with Crippen molar-refractivity contribution in [3.63, 3.8) is 0 Å². The Morgan fingerprint density at radius 3 is 2.07 bits per heavy atom. The monoisotopic (exact) mass is 350 g/mol. The third-order valence-corrected chi connectivity index (χ3v) is 8.83. The molecule has 0 aromatic heterocycles. The van der Waals surface area contributed by atoms with Crippen LogP contribution in [0, 0.1) is 0 Å². The van der Waals surface area contributed by atoms with Gasteiger partial charge in [-0.15, -0.1) is 0 Å². The first-order valence-corrected chi connectivity index (χ1v) is 10.9. The number of carboxylic acids is 2. The van der Waals surface area contributed by atoms with Gasteiger partial charge in [-0.05, 0) is 0 Å². The third kappa shape index (κ3) is 7.79. The molecule has 0 aromatic rings. The van der Waals surface area contributed by atoms with Gasteiger partial charge in [0.05, 0.1) is 0 Å². The summed E-state index contributed by atoms with van der Waals surface area (Å²) in [6.45, 7) is 0. The minimum absolute atomic E-state index is 0.211. The fourth-order valence-electron chi connectivity index (χ4n) is 0.550. The molecule has 0 rings (SSSR count). The molecule has 2 atom stereocenters. The Bertz CT molecular complexity index is 205. The van der Waals surface area contributed by atoms with Crippen molar-refractivity contribution < 1.29 is 19.8 Å². The molecule has 0 radical (unpaired) electrons. The van der Waals surface area contributed by atoms with E-state index in [2.05, 4.69) is 0 Å². The molecule has 0 amide bonds. The van der Waals surface area contributed by atoms with Gasteiger partial charge in [0.1, 0.15) is 0 Å². The number of nitrogens with two attached hydrogens (primary N) is 2. The molecule has 0 saturated heterocycles. The fourth-order valence-corrected chi connectivity index (χ4v) is 7.32. The van der Waals surface area contributed by atoms with Gasteiger partial charge in [0.15, 0.2) is 0 Å². The second-order valence-electron chi connectivity index (χ2n) is 2.78. The Labute approximate surface area is 98.6 Å². The molecule has 6 nitrogen and oxygen atoms in total. The molecule has 0 aliphatic heterocycles. The average Bonchev–Trinajstić information content (AvgIpc) is 2.16. The molecule has 0 aliphatic carbocycles. The first kappa shape index (κ1) is 14.9. The summed E-state index contributed by atoms with van der Waals surface area (Å²) < 4.78 is 0. The summed E-state index contributed by atoms with van der Waals surface area (Å²) in [6.07, 6.45) is 0.458. The summed E-state index contributed by atoms with van der Waals surface area (Å²) in [5.74, 6) is -1.96. The molecule has 0 heterocycles. The molecule has 0 fully saturated rings. The molecule has 88 valence electrons. The molecule has 0 saturated carbocycles. The van der Waals surface area contributed by atoms with Gasteiger partial charge in [-0.3, -0.25) is 0 Å². The average molecular weight is 348 g/mol. The van der Waals surface area contributed by atoms with Crippen LogP contribution in [0.1, 0.15) is 6.42 Å². The van der Waals surface area contributed by atoms with Crippen molar-refractivity contribution in [2.45, 2.75) is 29.1 Å². The molecular weight excluding hydrogens is 334 g/mol. The Balaban J connectivity index is 3.40. The normalized spacial score (nSPS) is 14.5. The van der Waals surface area contributed by atoms with E-state index in [9.17, 15) is 9.59 Å². The second kappa shape index (κ2) is 8.10. The summed E-state index contributed by atoms with van der Waals surface area (Å²) in [4.78, 5) is 20.7. The van der Waals surface area contributed by atoms with E-state index in [4.69, 9.17) is 21.7 Å². The van der Waals surface area contributed by atoms with Crippen LogP contribution in [0.4, 0.5) is 0 Å². The van der Waals surface area contributed by atoms with Crippen LogP contribution >= 0.6 is 0 Å². The van der Waals surface area contributed by atoms with Crippen molar-refractivity contribution in [2.75, 3.05) is 0 Å². The predicted molar refractivity (Wildman–Crippen MR) is 57.0 cm³/mol. The number of carbonyl (C=O) groups is 2. The van der Waals surface area contributed by atoms with Crippen LogP contribution in [-0.4, -0.2) is 60.5 Å². The first-order chi connectivity index (χ1) is 6.95. The van der Waals surface area contributed by atoms with E-state index in [0.717, 1.165) is 5.32 Å². The summed E-state index contributed by atoms with van der Waals surface area (Å²) in [5, 5.41) is 18.3. The van der Waals surface area contributed by atoms with Crippen molar-refractivity contribution in [3.05, 3.63) is 0 Å². The van der Waals surface area contributed by atoms with E-state index in [1.54, 1.807) is 0 Å². The molecule has 0 spiro atoms. The van der Waals surface area contributed by atoms with Crippen LogP contribution in [0.15, 0.2) is 0 Å². The van der Waals surface area contributed by atoms with E-state index in [1.165, 1.54) is 0 Å². The van der Waals surface area contributed by atoms with E-state index >= 15 is 0 Å². The standard InChI is InChI=1S/C7H14N2O4Se2/c8-4(6(10)11)1-2-14-15-3-5(9)7(12)13/h4-5H,1-3,8-9H2,(H,10,11)(H,12,13)/t4-,5+/m0/s1. The van der Waals surface area contributed by atoms with E-state index in [0.29, 0.717) is 11.7 Å². The molecule has 0 aliphatic rings. The zero-order valence-corrected chi connectivity index (χ0v) is 11.4. The Hall–Kier alpha value is -0.101. The summed E-state index contributed by atoms with van der Waals surface area (Å²) in [7, 11) is 0. The summed E-state index contributed by atoms with van der Waals surface area (Å²) >= 11 is 0.496. The van der Waals surface area contributed by atoms with Gasteiger partial charge in [0.25, 0.3) is 0 Å². The Morgan fingerprint density at radius 1 is 1.07 bits per heavy atom. The van der Waals surface area contributed by atoms with Gasteiger partial charge in [-0.1, -0.05) is 0 Å². The minimum atomic E-state index is -0.986. The zero-order chi connectivity index (χ0) is 11.8. The third-order valence-electron chi connectivity index (χ3n) is 1.48. The van der Waals surface area contributed by atoms with Crippen molar-refractivity contribution >= 4 is 38.2 Å². The van der Waals surface area contributed by atoms with Gasteiger partial charge >= 0.3 is 98.6 Å². The number of carboxylic acid groups (broad SMARTS) is 2. The molecule has 8 heteroatoms. The first-order valence-electron chi connectivity index (χ1n) is 4.16. The van der Waals surface area contributed by atoms with Gasteiger partial charge in [0, 0.05) is 0 Å². The molecule has 0 unspecified atom stereocenters. The maximum atomic E-state index is 10.4. The molecule has 0 aromatic carbocycles. The summed E-state index contributed by atoms with van der Waals surface area (Å²) in [5.41, 5.74) is 10.6. The van der Waals surface area contributed by atoms with Crippen LogP contribution < -0.4 is 11.5 Å². The molecular formula is C7H14N2O4Se2. The van der Waals surface area contributed by atoms with Crippen LogP contribution in [0.2, 0.25) is 10.6 Å². The number of hydrogen-bond acceptors (Lipinski definition) is 4. The van der Waals surface area contributed by atoms with Gasteiger partial charge in [-0.2, -0.15) is 0 Å². The number of rotatable bonds is 8. The van der Waals surface area contributed by atoms with Crippen LogP contribution in [-0.2, 0) is 9.59 Å². The topological polar surface area (TPSA) is 127 Å². The molecule has 0 bridgehead atoms. The molecule has 15 heavy (non-hydrogen) atoms. The van der Waals surface area contributed by atoms with Crippen molar-refractivity contribution in [1.29, 1.82) is 0 Å². The van der Waals surface area contributed by atoms with Crippen LogP contribution in [0.3, 0.4) is 0 Å². The number of hydrogen-bond donors (Lipinski definition) is 4. The van der Waals surface area contributed by atoms with Gasteiger partial charge in [-0.25, -0.2) is 0 Å². The van der Waals surface area contributed by atoms with Gasteiger partial charge in [0.2, 0.25) is 0 Å². The second-order valence-corrected chi connectivity index (χ2v) is 10.5. The summed E-state index contributed by atoms with van der Waals surface area (Å²) in [6, 6.07) is -1.57. The Kier molecular flexibility index (Phi) is 8.04. The SMILES string of the molecule is N[C@H](C[Se][Se]CC[C@H](N)C(=O)O)C(=O)O. The van der Waals surface area contributed by atoms with Gasteiger partial charge < -0.3 is 0 Å². The predicted octanol–water partition coefficient (Wildman–Crippen LogP) is -1.64. The van der Waals surface area contributed by atoms with Crippen molar-refractivity contribution in [3.8, 4) is 0 Å².